The van der Waals surface area contributed by atoms with Crippen LogP contribution in [0.5, 0.6) is 11.8 Å². The zero-order valence-electron chi connectivity index (χ0n) is 18.6. The molecule has 1 amide bonds. The highest BCUT2D eigenvalue weighted by atomic mass is 16.7. The average Bonchev–Trinajstić information content (AvgIpc) is 3.15. The maximum absolute atomic E-state index is 12.2. The third-order valence-corrected chi connectivity index (χ3v) is 5.69. The lowest BCUT2D eigenvalue weighted by atomic mass is 10.0. The van der Waals surface area contributed by atoms with Gasteiger partial charge in [0.05, 0.1) is 11.5 Å². The number of anilines is 1. The summed E-state index contributed by atoms with van der Waals surface area (Å²) in [5.74, 6) is -0.184. The molecule has 0 fully saturated rings. The summed E-state index contributed by atoms with van der Waals surface area (Å²) in [7, 11) is 0. The quantitative estimate of drug-likeness (QED) is 0.214. The fraction of sp³-hybridized carbons (Fsp3) is 0.160. The molecule has 2 heterocycles. The molecule has 2 aromatic carbocycles. The van der Waals surface area contributed by atoms with Crippen LogP contribution in [-0.2, 0) is 0 Å². The molecule has 9 nitrogen and oxygen atoms in total. The van der Waals surface area contributed by atoms with Crippen LogP contribution < -0.4 is 20.1 Å². The summed E-state index contributed by atoms with van der Waals surface area (Å²) >= 11 is 0. The van der Waals surface area contributed by atoms with Gasteiger partial charge < -0.3 is 19.5 Å². The normalized spacial score (nSPS) is 11.2. The van der Waals surface area contributed by atoms with E-state index in [0.29, 0.717) is 27.3 Å². The SMILES string of the molecule is CC[N+](CC)=c1cc2oc3cc(NC(=O)On4c(O)ccc4O)ccc3nc-2c2ccccc12. The fourth-order valence-electron chi connectivity index (χ4n) is 4.06. The number of carbonyl (C=O) groups is 1. The highest BCUT2D eigenvalue weighted by Crippen LogP contribution is 2.31. The minimum Gasteiger partial charge on any atom is -0.492 e. The van der Waals surface area contributed by atoms with Crippen molar-refractivity contribution in [1.29, 1.82) is 0 Å². The number of carbonyl (C=O) groups excluding carboxylic acids is 1. The summed E-state index contributed by atoms with van der Waals surface area (Å²) in [6, 6.07) is 17.6. The van der Waals surface area contributed by atoms with E-state index in [1.807, 2.05) is 24.3 Å². The number of amides is 1. The zero-order chi connectivity index (χ0) is 23.8. The maximum atomic E-state index is 12.2. The molecule has 2 aliphatic rings. The predicted octanol–water partition coefficient (Wildman–Crippen LogP) is 3.77. The molecule has 1 aliphatic carbocycles. The monoisotopic (exact) mass is 459 g/mol. The van der Waals surface area contributed by atoms with Crippen molar-refractivity contribution >= 4 is 33.7 Å². The molecule has 0 radical (unpaired) electrons. The lowest BCUT2D eigenvalue weighted by molar-refractivity contribution is 0.120. The first kappa shape index (κ1) is 21.3. The molecule has 1 aliphatic heterocycles. The lowest BCUT2D eigenvalue weighted by Crippen LogP contribution is -2.30. The van der Waals surface area contributed by atoms with Gasteiger partial charge in [0.2, 0.25) is 17.1 Å². The van der Waals surface area contributed by atoms with E-state index in [0.717, 1.165) is 34.9 Å². The first-order valence-corrected chi connectivity index (χ1v) is 10.9. The Labute approximate surface area is 194 Å². The van der Waals surface area contributed by atoms with E-state index >= 15 is 0 Å². The summed E-state index contributed by atoms with van der Waals surface area (Å²) in [6.45, 7) is 5.94. The Bertz CT molecular complexity index is 1560. The second-order valence-corrected chi connectivity index (χ2v) is 7.70. The van der Waals surface area contributed by atoms with Crippen LogP contribution >= 0.6 is 0 Å². The van der Waals surface area contributed by atoms with Crippen molar-refractivity contribution < 1.29 is 24.3 Å². The number of hydrogen-bond acceptors (Lipinski definition) is 6. The van der Waals surface area contributed by atoms with Crippen molar-refractivity contribution in [3.8, 4) is 23.2 Å². The van der Waals surface area contributed by atoms with Gasteiger partial charge in [-0.2, -0.15) is 0 Å². The second kappa shape index (κ2) is 8.43. The Morgan fingerprint density at radius 1 is 1.03 bits per heavy atom. The fourth-order valence-corrected chi connectivity index (χ4v) is 4.06. The van der Waals surface area contributed by atoms with Crippen LogP contribution in [0.15, 0.2) is 65.1 Å². The van der Waals surface area contributed by atoms with Crippen LogP contribution in [0.2, 0.25) is 0 Å². The molecule has 0 spiro atoms. The molecule has 0 atom stereocenters. The van der Waals surface area contributed by atoms with Crippen LogP contribution in [0, 0.1) is 0 Å². The summed E-state index contributed by atoms with van der Waals surface area (Å²) < 4.78 is 9.11. The molecular formula is C25H23N4O5+. The Morgan fingerprint density at radius 2 is 1.74 bits per heavy atom. The van der Waals surface area contributed by atoms with E-state index in [-0.39, 0.29) is 0 Å². The van der Waals surface area contributed by atoms with E-state index in [4.69, 9.17) is 14.2 Å². The van der Waals surface area contributed by atoms with Crippen LogP contribution in [0.1, 0.15) is 13.8 Å². The van der Waals surface area contributed by atoms with Gasteiger partial charge in [0, 0.05) is 29.3 Å². The number of benzene rings is 3. The van der Waals surface area contributed by atoms with Gasteiger partial charge in [-0.05, 0) is 32.0 Å². The minimum absolute atomic E-state index is 0.401. The maximum Gasteiger partial charge on any atom is 0.436 e. The molecule has 34 heavy (non-hydrogen) atoms. The van der Waals surface area contributed by atoms with Crippen molar-refractivity contribution in [3.05, 3.63) is 66.0 Å². The van der Waals surface area contributed by atoms with Crippen molar-refractivity contribution in [3.63, 3.8) is 0 Å². The van der Waals surface area contributed by atoms with Crippen LogP contribution in [0.3, 0.4) is 0 Å². The van der Waals surface area contributed by atoms with Gasteiger partial charge in [-0.15, -0.1) is 4.73 Å². The van der Waals surface area contributed by atoms with E-state index in [2.05, 4.69) is 29.8 Å². The van der Waals surface area contributed by atoms with Crippen LogP contribution in [0.4, 0.5) is 10.5 Å². The first-order valence-electron chi connectivity index (χ1n) is 10.9. The van der Waals surface area contributed by atoms with Crippen molar-refractivity contribution in [2.24, 2.45) is 0 Å². The van der Waals surface area contributed by atoms with Crippen molar-refractivity contribution in [2.75, 3.05) is 18.4 Å². The smallest absolute Gasteiger partial charge is 0.436 e. The van der Waals surface area contributed by atoms with Gasteiger partial charge in [0.15, 0.2) is 11.3 Å². The average molecular weight is 459 g/mol. The van der Waals surface area contributed by atoms with E-state index < -0.39 is 17.9 Å². The highest BCUT2D eigenvalue weighted by molar-refractivity contribution is 5.97. The van der Waals surface area contributed by atoms with Gasteiger partial charge >= 0.3 is 6.09 Å². The van der Waals surface area contributed by atoms with Gasteiger partial charge in [-0.3, -0.25) is 5.32 Å². The number of nitrogens with zero attached hydrogens (tertiary/aromatic N) is 3. The van der Waals surface area contributed by atoms with E-state index in [9.17, 15) is 15.0 Å². The number of hydrogen-bond donors (Lipinski definition) is 3. The van der Waals surface area contributed by atoms with Gasteiger partial charge in [0.25, 0.3) is 0 Å². The summed E-state index contributed by atoms with van der Waals surface area (Å²) in [5.41, 5.74) is 2.28. The number of aromatic hydroxyl groups is 2. The number of rotatable bonds is 4. The van der Waals surface area contributed by atoms with Gasteiger partial charge in [0.1, 0.15) is 24.3 Å². The molecule has 0 bridgehead atoms. The predicted molar refractivity (Wildman–Crippen MR) is 128 cm³/mol. The molecule has 3 aromatic rings. The van der Waals surface area contributed by atoms with Gasteiger partial charge in [-0.1, -0.05) is 18.2 Å². The van der Waals surface area contributed by atoms with Gasteiger partial charge in [-0.25, -0.2) is 14.4 Å². The minimum atomic E-state index is -0.898. The molecule has 0 saturated heterocycles. The number of aromatic nitrogens is 2. The van der Waals surface area contributed by atoms with Crippen LogP contribution in [0.25, 0.3) is 33.3 Å². The number of fused-ring (bicyclic) bond motifs is 4. The molecule has 5 rings (SSSR count). The van der Waals surface area contributed by atoms with E-state index in [1.54, 1.807) is 18.2 Å². The molecule has 172 valence electrons. The third kappa shape index (κ3) is 3.66. The summed E-state index contributed by atoms with van der Waals surface area (Å²) in [6.07, 6.45) is -0.898. The van der Waals surface area contributed by atoms with E-state index in [1.165, 1.54) is 12.1 Å². The molecule has 0 saturated carbocycles. The Hall–Kier alpha value is -4.53. The lowest BCUT2D eigenvalue weighted by Gasteiger charge is -2.12. The zero-order valence-corrected chi connectivity index (χ0v) is 18.6. The molecule has 9 heteroatoms. The largest absolute Gasteiger partial charge is 0.492 e. The van der Waals surface area contributed by atoms with Crippen molar-refractivity contribution in [2.45, 2.75) is 13.8 Å². The summed E-state index contributed by atoms with van der Waals surface area (Å²) in [4.78, 5) is 22.0. The molecular weight excluding hydrogens is 436 g/mol. The van der Waals surface area contributed by atoms with Crippen molar-refractivity contribution in [1.82, 2.24) is 14.3 Å². The Kier molecular flexibility index (Phi) is 5.29. The van der Waals surface area contributed by atoms with Crippen LogP contribution in [-0.4, -0.2) is 39.1 Å². The Balaban J connectivity index is 1.58. The topological polar surface area (TPSA) is 113 Å². The third-order valence-electron chi connectivity index (χ3n) is 5.69. The summed E-state index contributed by atoms with van der Waals surface area (Å²) in [5, 5.41) is 25.0. The first-order chi connectivity index (χ1) is 16.5. The highest BCUT2D eigenvalue weighted by Gasteiger charge is 2.19. The second-order valence-electron chi connectivity index (χ2n) is 7.70. The molecule has 3 N–H and O–H groups in total. The number of nitrogens with one attached hydrogen (secondary N) is 1. The standard InChI is InChI=1S/C25H22N4O5/c1-3-28(4-2)19-14-21-24(17-8-6-5-7-16(17)19)27-18-10-9-15(13-20(18)33-21)26-25(32)34-29-22(30)11-12-23(29)31/h5-14H,3-4H2,1-2H3,(H2,26,27,30,31,32)/p+1. The Morgan fingerprint density at radius 3 is 2.44 bits per heavy atom. The molecule has 1 aromatic heterocycles. The molecule has 0 unspecified atom stereocenters.